The van der Waals surface area contributed by atoms with Crippen LogP contribution in [0.4, 0.5) is 5.13 Å². The SMILES string of the molecule is O=C(CBr)Nc1nc(-c2ccc(Cl)c(Cl)c2)cs1. The number of hydrogen-bond donors (Lipinski definition) is 1. The lowest BCUT2D eigenvalue weighted by Gasteiger charge is -2.00. The van der Waals surface area contributed by atoms with Crippen molar-refractivity contribution >= 4 is 61.5 Å². The number of nitrogens with zero attached hydrogens (tertiary/aromatic N) is 1. The van der Waals surface area contributed by atoms with E-state index in [0.29, 0.717) is 15.2 Å². The minimum atomic E-state index is -0.134. The first kappa shape index (κ1) is 13.8. The van der Waals surface area contributed by atoms with E-state index in [0.717, 1.165) is 11.3 Å². The number of aromatic nitrogens is 1. The maximum absolute atomic E-state index is 11.2. The summed E-state index contributed by atoms with van der Waals surface area (Å²) in [6.45, 7) is 0. The van der Waals surface area contributed by atoms with Gasteiger partial charge in [-0.25, -0.2) is 4.98 Å². The molecule has 0 unspecified atom stereocenters. The highest BCUT2D eigenvalue weighted by molar-refractivity contribution is 9.09. The zero-order chi connectivity index (χ0) is 13.1. The lowest BCUT2D eigenvalue weighted by Crippen LogP contribution is -2.11. The Morgan fingerprint density at radius 2 is 2.17 bits per heavy atom. The van der Waals surface area contributed by atoms with Crippen LogP contribution in [0.1, 0.15) is 0 Å². The first-order chi connectivity index (χ1) is 8.60. The van der Waals surface area contributed by atoms with E-state index in [1.165, 1.54) is 11.3 Å². The molecule has 1 aromatic heterocycles. The number of carbonyl (C=O) groups is 1. The third kappa shape index (κ3) is 3.23. The minimum Gasteiger partial charge on any atom is -0.301 e. The van der Waals surface area contributed by atoms with Crippen LogP contribution in [0.25, 0.3) is 11.3 Å². The number of amides is 1. The zero-order valence-electron chi connectivity index (χ0n) is 8.91. The Balaban J connectivity index is 2.23. The van der Waals surface area contributed by atoms with E-state index in [1.807, 2.05) is 11.4 Å². The molecule has 0 saturated carbocycles. The minimum absolute atomic E-state index is 0.134. The van der Waals surface area contributed by atoms with Crippen molar-refractivity contribution in [1.82, 2.24) is 4.98 Å². The molecule has 0 spiro atoms. The highest BCUT2D eigenvalue weighted by atomic mass is 79.9. The van der Waals surface area contributed by atoms with Gasteiger partial charge in [0.05, 0.1) is 21.1 Å². The number of rotatable bonds is 3. The Morgan fingerprint density at radius 3 is 2.83 bits per heavy atom. The van der Waals surface area contributed by atoms with Crippen molar-refractivity contribution in [3.8, 4) is 11.3 Å². The molecule has 0 radical (unpaired) electrons. The van der Waals surface area contributed by atoms with Gasteiger partial charge in [-0.3, -0.25) is 4.79 Å². The fourth-order valence-electron chi connectivity index (χ4n) is 1.27. The quantitative estimate of drug-likeness (QED) is 0.816. The second-order valence-electron chi connectivity index (χ2n) is 3.35. The summed E-state index contributed by atoms with van der Waals surface area (Å²) in [6.07, 6.45) is 0. The smallest absolute Gasteiger partial charge is 0.236 e. The van der Waals surface area contributed by atoms with Gasteiger partial charge in [-0.2, -0.15) is 0 Å². The first-order valence-corrected chi connectivity index (χ1v) is 7.62. The molecule has 3 nitrogen and oxygen atoms in total. The number of nitrogens with one attached hydrogen (secondary N) is 1. The van der Waals surface area contributed by atoms with Crippen LogP contribution in [-0.4, -0.2) is 16.2 Å². The molecular weight excluding hydrogens is 359 g/mol. The summed E-state index contributed by atoms with van der Waals surface area (Å²) in [4.78, 5) is 15.5. The van der Waals surface area contributed by atoms with Crippen molar-refractivity contribution in [2.75, 3.05) is 10.6 Å². The summed E-state index contributed by atoms with van der Waals surface area (Å²) in [5.41, 5.74) is 1.61. The van der Waals surface area contributed by atoms with Crippen LogP contribution in [0.15, 0.2) is 23.6 Å². The van der Waals surface area contributed by atoms with Crippen molar-refractivity contribution in [1.29, 1.82) is 0 Å². The predicted octanol–water partition coefficient (Wildman–Crippen LogP) is 4.45. The Morgan fingerprint density at radius 1 is 1.39 bits per heavy atom. The Bertz CT molecular complexity index is 588. The second-order valence-corrected chi connectivity index (χ2v) is 5.58. The standard InChI is InChI=1S/C11H7BrCl2N2OS/c12-4-10(17)16-11-15-9(5-18-11)6-1-2-7(13)8(14)3-6/h1-3,5H,4H2,(H,15,16,17). The van der Waals surface area contributed by atoms with E-state index in [4.69, 9.17) is 23.2 Å². The zero-order valence-corrected chi connectivity index (χ0v) is 12.8. The summed E-state index contributed by atoms with van der Waals surface area (Å²) in [6, 6.07) is 5.30. The molecule has 0 aliphatic heterocycles. The maximum Gasteiger partial charge on any atom is 0.236 e. The summed E-state index contributed by atoms with van der Waals surface area (Å²) in [5.74, 6) is -0.134. The van der Waals surface area contributed by atoms with Crippen LogP contribution < -0.4 is 5.32 Å². The highest BCUT2D eigenvalue weighted by Crippen LogP contribution is 2.30. The fraction of sp³-hybridized carbons (Fsp3) is 0.0909. The predicted molar refractivity (Wildman–Crippen MR) is 80.0 cm³/mol. The summed E-state index contributed by atoms with van der Waals surface area (Å²) >= 11 is 16.2. The van der Waals surface area contributed by atoms with Crippen LogP contribution in [0.3, 0.4) is 0 Å². The molecule has 2 aromatic rings. The molecule has 94 valence electrons. The monoisotopic (exact) mass is 364 g/mol. The number of alkyl halides is 1. The molecule has 0 saturated heterocycles. The maximum atomic E-state index is 11.2. The average molecular weight is 366 g/mol. The van der Waals surface area contributed by atoms with Gasteiger partial charge in [0.15, 0.2) is 5.13 Å². The molecule has 0 aliphatic rings. The number of hydrogen-bond acceptors (Lipinski definition) is 3. The van der Waals surface area contributed by atoms with Gasteiger partial charge in [-0.15, -0.1) is 11.3 Å². The lowest BCUT2D eigenvalue weighted by atomic mass is 10.2. The molecule has 1 amide bonds. The summed E-state index contributed by atoms with van der Waals surface area (Å²) in [5, 5.41) is 6.30. The molecule has 0 fully saturated rings. The third-order valence-electron chi connectivity index (χ3n) is 2.09. The molecule has 2 rings (SSSR count). The topological polar surface area (TPSA) is 42.0 Å². The van der Waals surface area contributed by atoms with Crippen LogP contribution in [0.2, 0.25) is 10.0 Å². The van der Waals surface area contributed by atoms with Crippen LogP contribution >= 0.6 is 50.5 Å². The first-order valence-electron chi connectivity index (χ1n) is 4.87. The second kappa shape index (κ2) is 6.02. The number of halogens is 3. The van der Waals surface area contributed by atoms with Gasteiger partial charge >= 0.3 is 0 Å². The van der Waals surface area contributed by atoms with Crippen molar-refractivity contribution in [2.24, 2.45) is 0 Å². The van der Waals surface area contributed by atoms with Crippen LogP contribution in [-0.2, 0) is 4.79 Å². The Labute approximate surface area is 126 Å². The van der Waals surface area contributed by atoms with E-state index in [-0.39, 0.29) is 11.2 Å². The van der Waals surface area contributed by atoms with Crippen molar-refractivity contribution in [2.45, 2.75) is 0 Å². The molecule has 0 bridgehead atoms. The summed E-state index contributed by atoms with van der Waals surface area (Å²) < 4.78 is 0. The number of carbonyl (C=O) groups excluding carboxylic acids is 1. The Kier molecular flexibility index (Phi) is 4.61. The van der Waals surface area contributed by atoms with Gasteiger partial charge in [0.25, 0.3) is 0 Å². The van der Waals surface area contributed by atoms with Crippen molar-refractivity contribution in [3.63, 3.8) is 0 Å². The Hall–Kier alpha value is -0.620. The molecule has 7 heteroatoms. The van der Waals surface area contributed by atoms with Gasteiger partial charge in [0, 0.05) is 10.9 Å². The van der Waals surface area contributed by atoms with Gasteiger partial charge in [0.2, 0.25) is 5.91 Å². The fourth-order valence-corrected chi connectivity index (χ4v) is 2.45. The molecular formula is C11H7BrCl2N2OS. The molecule has 0 atom stereocenters. The van der Waals surface area contributed by atoms with E-state index in [2.05, 4.69) is 26.2 Å². The van der Waals surface area contributed by atoms with Gasteiger partial charge in [-0.05, 0) is 12.1 Å². The number of benzene rings is 1. The van der Waals surface area contributed by atoms with E-state index in [1.54, 1.807) is 12.1 Å². The largest absolute Gasteiger partial charge is 0.301 e. The third-order valence-corrected chi connectivity index (χ3v) is 4.09. The van der Waals surface area contributed by atoms with Crippen LogP contribution in [0.5, 0.6) is 0 Å². The van der Waals surface area contributed by atoms with E-state index < -0.39 is 0 Å². The molecule has 1 aromatic carbocycles. The number of anilines is 1. The lowest BCUT2D eigenvalue weighted by molar-refractivity contribution is -0.113. The van der Waals surface area contributed by atoms with Crippen LogP contribution in [0, 0.1) is 0 Å². The van der Waals surface area contributed by atoms with E-state index >= 15 is 0 Å². The van der Waals surface area contributed by atoms with Gasteiger partial charge in [-0.1, -0.05) is 45.2 Å². The summed E-state index contributed by atoms with van der Waals surface area (Å²) in [7, 11) is 0. The highest BCUT2D eigenvalue weighted by Gasteiger charge is 2.08. The van der Waals surface area contributed by atoms with Gasteiger partial charge < -0.3 is 5.32 Å². The van der Waals surface area contributed by atoms with Crippen molar-refractivity contribution < 1.29 is 4.79 Å². The molecule has 18 heavy (non-hydrogen) atoms. The van der Waals surface area contributed by atoms with Gasteiger partial charge in [0.1, 0.15) is 0 Å². The number of thiazole rings is 1. The molecule has 0 aliphatic carbocycles. The van der Waals surface area contributed by atoms with E-state index in [9.17, 15) is 4.79 Å². The molecule has 1 heterocycles. The molecule has 1 N–H and O–H groups in total. The normalized spacial score (nSPS) is 10.4. The average Bonchev–Trinajstić information content (AvgIpc) is 2.81. The van der Waals surface area contributed by atoms with Crippen molar-refractivity contribution in [3.05, 3.63) is 33.6 Å².